The van der Waals surface area contributed by atoms with Gasteiger partial charge < -0.3 is 9.73 Å². The molecule has 1 N–H and O–H groups in total. The molecule has 0 spiro atoms. The molecule has 2 heterocycles. The molecule has 13 heavy (non-hydrogen) atoms. The van der Waals surface area contributed by atoms with Crippen LogP contribution in [-0.2, 0) is 12.0 Å². The second-order valence-electron chi connectivity index (χ2n) is 4.02. The van der Waals surface area contributed by atoms with Crippen molar-refractivity contribution in [2.24, 2.45) is 0 Å². The van der Waals surface area contributed by atoms with E-state index in [-0.39, 0.29) is 5.54 Å². The maximum absolute atomic E-state index is 5.46. The first kappa shape index (κ1) is 8.82. The van der Waals surface area contributed by atoms with Crippen molar-refractivity contribution in [2.75, 3.05) is 6.54 Å². The van der Waals surface area contributed by atoms with E-state index >= 15 is 0 Å². The van der Waals surface area contributed by atoms with Crippen molar-refractivity contribution in [3.05, 3.63) is 23.7 Å². The number of furan rings is 1. The number of hydrogen-bond acceptors (Lipinski definition) is 2. The van der Waals surface area contributed by atoms with Crippen LogP contribution in [0.2, 0.25) is 0 Å². The van der Waals surface area contributed by atoms with Crippen LogP contribution in [0.5, 0.6) is 0 Å². The lowest BCUT2D eigenvalue weighted by Gasteiger charge is -2.34. The molecule has 1 aromatic rings. The van der Waals surface area contributed by atoms with Crippen molar-refractivity contribution in [3.63, 3.8) is 0 Å². The smallest absolute Gasteiger partial charge is 0.110 e. The Morgan fingerprint density at radius 1 is 1.62 bits per heavy atom. The minimum Gasteiger partial charge on any atom is -0.469 e. The third-order valence-corrected chi connectivity index (χ3v) is 2.96. The van der Waals surface area contributed by atoms with Crippen LogP contribution in [0, 0.1) is 0 Å². The molecule has 1 unspecified atom stereocenters. The highest BCUT2D eigenvalue weighted by molar-refractivity contribution is 5.28. The third-order valence-electron chi connectivity index (χ3n) is 2.96. The van der Waals surface area contributed by atoms with Crippen LogP contribution in [0.15, 0.2) is 16.7 Å². The van der Waals surface area contributed by atoms with E-state index < -0.39 is 0 Å². The molecule has 0 saturated carbocycles. The summed E-state index contributed by atoms with van der Waals surface area (Å²) in [5, 5.41) is 3.58. The van der Waals surface area contributed by atoms with E-state index in [2.05, 4.69) is 25.2 Å². The summed E-state index contributed by atoms with van der Waals surface area (Å²) < 4.78 is 5.46. The van der Waals surface area contributed by atoms with Gasteiger partial charge in [0.15, 0.2) is 0 Å². The van der Waals surface area contributed by atoms with Crippen molar-refractivity contribution >= 4 is 0 Å². The van der Waals surface area contributed by atoms with Gasteiger partial charge >= 0.3 is 0 Å². The zero-order valence-corrected chi connectivity index (χ0v) is 8.39. The van der Waals surface area contributed by atoms with E-state index in [0.717, 1.165) is 13.0 Å². The number of nitrogens with one attached hydrogen (secondary N) is 1. The zero-order valence-electron chi connectivity index (χ0n) is 8.39. The van der Waals surface area contributed by atoms with Crippen molar-refractivity contribution in [2.45, 2.75) is 38.6 Å². The molecule has 0 aliphatic carbocycles. The highest BCUT2D eigenvalue weighted by atomic mass is 16.3. The fraction of sp³-hybridized carbons (Fsp3) is 0.636. The monoisotopic (exact) mass is 179 g/mol. The van der Waals surface area contributed by atoms with Crippen LogP contribution in [0.1, 0.15) is 38.0 Å². The van der Waals surface area contributed by atoms with Crippen LogP contribution < -0.4 is 5.32 Å². The first-order valence-corrected chi connectivity index (χ1v) is 5.08. The van der Waals surface area contributed by atoms with Gasteiger partial charge in [0, 0.05) is 24.1 Å². The van der Waals surface area contributed by atoms with E-state index in [9.17, 15) is 0 Å². The van der Waals surface area contributed by atoms with E-state index in [0.29, 0.717) is 0 Å². The van der Waals surface area contributed by atoms with Gasteiger partial charge in [0.2, 0.25) is 0 Å². The summed E-state index contributed by atoms with van der Waals surface area (Å²) in [4.78, 5) is 0. The van der Waals surface area contributed by atoms with Gasteiger partial charge in [0.05, 0.1) is 6.26 Å². The predicted molar refractivity (Wildman–Crippen MR) is 52.7 cm³/mol. The molecule has 0 radical (unpaired) electrons. The highest BCUT2D eigenvalue weighted by Gasteiger charge is 2.32. The summed E-state index contributed by atoms with van der Waals surface area (Å²) in [7, 11) is 0. The predicted octanol–water partition coefficient (Wildman–Crippen LogP) is 2.44. The van der Waals surface area contributed by atoms with E-state index in [1.54, 1.807) is 0 Å². The van der Waals surface area contributed by atoms with Crippen LogP contribution in [0.4, 0.5) is 0 Å². The van der Waals surface area contributed by atoms with Gasteiger partial charge in [-0.3, -0.25) is 0 Å². The van der Waals surface area contributed by atoms with Gasteiger partial charge in [-0.25, -0.2) is 0 Å². The van der Waals surface area contributed by atoms with Gasteiger partial charge in [-0.2, -0.15) is 0 Å². The molecule has 0 fully saturated rings. The molecular weight excluding hydrogens is 162 g/mol. The molecular formula is C11H17NO. The molecule has 2 heteroatoms. The number of hydrogen-bond donors (Lipinski definition) is 1. The van der Waals surface area contributed by atoms with Gasteiger partial charge in [0.25, 0.3) is 0 Å². The van der Waals surface area contributed by atoms with E-state index in [1.165, 1.54) is 24.2 Å². The molecule has 2 nitrogen and oxygen atoms in total. The molecule has 0 saturated heterocycles. The minimum atomic E-state index is 0.148. The van der Waals surface area contributed by atoms with Gasteiger partial charge in [0.1, 0.15) is 5.76 Å². The summed E-state index contributed by atoms with van der Waals surface area (Å²) in [6.07, 6.45) is 5.22. The maximum atomic E-state index is 5.46. The van der Waals surface area contributed by atoms with Crippen molar-refractivity contribution < 1.29 is 4.42 Å². The standard InChI is InChI=1S/C11H17NO/c1-3-6-11(2)9-5-8-13-10(9)4-7-12-11/h5,8,12H,3-4,6-7H2,1-2H3. The first-order chi connectivity index (χ1) is 6.26. The average molecular weight is 179 g/mol. The summed E-state index contributed by atoms with van der Waals surface area (Å²) in [5.41, 5.74) is 1.51. The normalized spacial score (nSPS) is 27.2. The van der Waals surface area contributed by atoms with Crippen LogP contribution in [0.3, 0.4) is 0 Å². The first-order valence-electron chi connectivity index (χ1n) is 5.08. The largest absolute Gasteiger partial charge is 0.469 e. The van der Waals surface area contributed by atoms with Crippen LogP contribution in [-0.4, -0.2) is 6.54 Å². The summed E-state index contributed by atoms with van der Waals surface area (Å²) in [6.45, 7) is 5.53. The molecule has 0 aromatic carbocycles. The third kappa shape index (κ3) is 1.39. The second-order valence-corrected chi connectivity index (χ2v) is 4.02. The minimum absolute atomic E-state index is 0.148. The van der Waals surface area contributed by atoms with Gasteiger partial charge in [-0.1, -0.05) is 13.3 Å². The van der Waals surface area contributed by atoms with Crippen molar-refractivity contribution in [1.29, 1.82) is 0 Å². The Hall–Kier alpha value is -0.760. The molecule has 0 amide bonds. The van der Waals surface area contributed by atoms with Crippen molar-refractivity contribution in [3.8, 4) is 0 Å². The topological polar surface area (TPSA) is 25.2 Å². The van der Waals surface area contributed by atoms with Gasteiger partial charge in [-0.05, 0) is 19.4 Å². The fourth-order valence-corrected chi connectivity index (χ4v) is 2.30. The Balaban J connectivity index is 2.33. The second kappa shape index (κ2) is 3.18. The van der Waals surface area contributed by atoms with Gasteiger partial charge in [-0.15, -0.1) is 0 Å². The number of fused-ring (bicyclic) bond motifs is 1. The van der Waals surface area contributed by atoms with Crippen LogP contribution >= 0.6 is 0 Å². The molecule has 0 bridgehead atoms. The lowest BCUT2D eigenvalue weighted by atomic mass is 9.84. The van der Waals surface area contributed by atoms with E-state index in [4.69, 9.17) is 4.42 Å². The Labute approximate surface area is 79.3 Å². The van der Waals surface area contributed by atoms with E-state index in [1.807, 2.05) is 6.26 Å². The lowest BCUT2D eigenvalue weighted by molar-refractivity contribution is 0.303. The SMILES string of the molecule is CCCC1(C)NCCc2occc21. The molecule has 1 aromatic heterocycles. The zero-order chi connectivity index (χ0) is 9.31. The summed E-state index contributed by atoms with van der Waals surface area (Å²) in [5.74, 6) is 1.18. The molecule has 72 valence electrons. The quantitative estimate of drug-likeness (QED) is 0.754. The van der Waals surface area contributed by atoms with Crippen molar-refractivity contribution in [1.82, 2.24) is 5.32 Å². The number of rotatable bonds is 2. The molecule has 1 atom stereocenters. The molecule has 2 rings (SSSR count). The molecule has 1 aliphatic heterocycles. The Morgan fingerprint density at radius 3 is 3.23 bits per heavy atom. The Bertz CT molecular complexity index is 292. The lowest BCUT2D eigenvalue weighted by Crippen LogP contribution is -2.44. The fourth-order valence-electron chi connectivity index (χ4n) is 2.30. The Morgan fingerprint density at radius 2 is 2.46 bits per heavy atom. The average Bonchev–Trinajstić information content (AvgIpc) is 2.54. The maximum Gasteiger partial charge on any atom is 0.110 e. The summed E-state index contributed by atoms with van der Waals surface area (Å²) >= 11 is 0. The van der Waals surface area contributed by atoms with Crippen LogP contribution in [0.25, 0.3) is 0 Å². The molecule has 1 aliphatic rings. The Kier molecular flexibility index (Phi) is 2.16. The summed E-state index contributed by atoms with van der Waals surface area (Å²) in [6, 6.07) is 2.11. The highest BCUT2D eigenvalue weighted by Crippen LogP contribution is 2.32.